The first-order valence-electron chi connectivity index (χ1n) is 6.71. The number of ether oxygens (including phenoxy) is 1. The molecule has 0 radical (unpaired) electrons. The van der Waals surface area contributed by atoms with Crippen LogP contribution in [0.25, 0.3) is 0 Å². The molecule has 3 nitrogen and oxygen atoms in total. The summed E-state index contributed by atoms with van der Waals surface area (Å²) in [5.74, 6) is 3.28. The smallest absolute Gasteiger partial charge is 0.408 e. The summed E-state index contributed by atoms with van der Waals surface area (Å²) in [6.07, 6.45) is 9.57. The SMILES string of the molecule is C#CC(CC1CCC1)NC(=O)OCc1ccccc1. The first-order chi connectivity index (χ1) is 9.28. The van der Waals surface area contributed by atoms with Crippen LogP contribution in [0.5, 0.6) is 0 Å². The average Bonchev–Trinajstić information content (AvgIpc) is 2.40. The number of hydrogen-bond donors (Lipinski definition) is 1. The van der Waals surface area contributed by atoms with Crippen molar-refractivity contribution in [3.05, 3.63) is 35.9 Å². The molecule has 1 aliphatic carbocycles. The van der Waals surface area contributed by atoms with Crippen molar-refractivity contribution in [3.63, 3.8) is 0 Å². The van der Waals surface area contributed by atoms with E-state index >= 15 is 0 Å². The van der Waals surface area contributed by atoms with Crippen molar-refractivity contribution in [2.45, 2.75) is 38.3 Å². The van der Waals surface area contributed by atoms with E-state index in [1.54, 1.807) is 0 Å². The van der Waals surface area contributed by atoms with Crippen molar-refractivity contribution in [2.75, 3.05) is 0 Å². The van der Waals surface area contributed by atoms with Gasteiger partial charge in [-0.05, 0) is 17.9 Å². The fraction of sp³-hybridized carbons (Fsp3) is 0.438. The third-order valence-corrected chi connectivity index (χ3v) is 3.50. The molecule has 1 amide bonds. The number of carbonyl (C=O) groups is 1. The second-order valence-electron chi connectivity index (χ2n) is 4.96. The monoisotopic (exact) mass is 257 g/mol. The van der Waals surface area contributed by atoms with Crippen LogP contribution in [-0.4, -0.2) is 12.1 Å². The van der Waals surface area contributed by atoms with E-state index in [1.807, 2.05) is 30.3 Å². The van der Waals surface area contributed by atoms with Crippen LogP contribution in [0.4, 0.5) is 4.79 Å². The summed E-state index contributed by atoms with van der Waals surface area (Å²) in [5, 5.41) is 2.74. The maximum Gasteiger partial charge on any atom is 0.408 e. The lowest BCUT2D eigenvalue weighted by Crippen LogP contribution is -2.36. The summed E-state index contributed by atoms with van der Waals surface area (Å²) in [4.78, 5) is 11.6. The molecule has 1 fully saturated rings. The van der Waals surface area contributed by atoms with E-state index in [0.29, 0.717) is 5.92 Å². The Morgan fingerprint density at radius 1 is 1.42 bits per heavy atom. The number of benzene rings is 1. The molecule has 1 atom stereocenters. The standard InChI is InChI=1S/C16H19NO2/c1-2-15(11-13-9-6-10-13)17-16(18)19-12-14-7-4-3-5-8-14/h1,3-5,7-8,13,15H,6,9-12H2,(H,17,18). The van der Waals surface area contributed by atoms with Crippen LogP contribution < -0.4 is 5.32 Å². The molecule has 19 heavy (non-hydrogen) atoms. The zero-order chi connectivity index (χ0) is 13.5. The van der Waals surface area contributed by atoms with Gasteiger partial charge in [0.25, 0.3) is 0 Å². The number of hydrogen-bond acceptors (Lipinski definition) is 2. The summed E-state index contributed by atoms with van der Waals surface area (Å²) >= 11 is 0. The Hall–Kier alpha value is -1.95. The second kappa shape index (κ2) is 6.84. The molecular formula is C16H19NO2. The Bertz CT molecular complexity index is 446. The predicted octanol–water partition coefficient (Wildman–Crippen LogP) is 3.10. The van der Waals surface area contributed by atoms with Gasteiger partial charge in [-0.3, -0.25) is 0 Å². The van der Waals surface area contributed by atoms with Crippen LogP contribution in [0.3, 0.4) is 0 Å². The van der Waals surface area contributed by atoms with Crippen LogP contribution >= 0.6 is 0 Å². The Morgan fingerprint density at radius 3 is 2.74 bits per heavy atom. The Balaban J connectivity index is 1.72. The number of rotatable bonds is 5. The van der Waals surface area contributed by atoms with Crippen molar-refractivity contribution in [1.29, 1.82) is 0 Å². The molecule has 0 saturated heterocycles. The molecular weight excluding hydrogens is 238 g/mol. The minimum atomic E-state index is -0.439. The lowest BCUT2D eigenvalue weighted by atomic mass is 9.81. The average molecular weight is 257 g/mol. The van der Waals surface area contributed by atoms with Gasteiger partial charge in [-0.15, -0.1) is 6.42 Å². The van der Waals surface area contributed by atoms with Gasteiger partial charge in [-0.25, -0.2) is 4.79 Å². The molecule has 1 aromatic carbocycles. The number of terminal acetylenes is 1. The molecule has 0 aliphatic heterocycles. The molecule has 1 aliphatic rings. The highest BCUT2D eigenvalue weighted by molar-refractivity contribution is 5.68. The Kier molecular flexibility index (Phi) is 4.85. The van der Waals surface area contributed by atoms with E-state index in [1.165, 1.54) is 19.3 Å². The van der Waals surface area contributed by atoms with Crippen LogP contribution in [0.2, 0.25) is 0 Å². The van der Waals surface area contributed by atoms with Crippen LogP contribution in [-0.2, 0) is 11.3 Å². The molecule has 1 unspecified atom stereocenters. The van der Waals surface area contributed by atoms with E-state index in [2.05, 4.69) is 11.2 Å². The zero-order valence-electron chi connectivity index (χ0n) is 11.0. The topological polar surface area (TPSA) is 38.3 Å². The largest absolute Gasteiger partial charge is 0.445 e. The fourth-order valence-electron chi connectivity index (χ4n) is 2.14. The summed E-state index contributed by atoms with van der Waals surface area (Å²) in [7, 11) is 0. The van der Waals surface area contributed by atoms with E-state index in [0.717, 1.165) is 12.0 Å². The van der Waals surface area contributed by atoms with Crippen LogP contribution in [0, 0.1) is 18.3 Å². The molecule has 3 heteroatoms. The van der Waals surface area contributed by atoms with Gasteiger partial charge in [-0.1, -0.05) is 55.5 Å². The maximum absolute atomic E-state index is 11.6. The second-order valence-corrected chi connectivity index (χ2v) is 4.96. The molecule has 1 N–H and O–H groups in total. The highest BCUT2D eigenvalue weighted by atomic mass is 16.5. The number of alkyl carbamates (subject to hydrolysis) is 1. The van der Waals surface area contributed by atoms with Gasteiger partial charge in [0.15, 0.2) is 0 Å². The van der Waals surface area contributed by atoms with Gasteiger partial charge in [0.2, 0.25) is 0 Å². The highest BCUT2D eigenvalue weighted by Crippen LogP contribution is 2.30. The Morgan fingerprint density at radius 2 is 2.16 bits per heavy atom. The van der Waals surface area contributed by atoms with E-state index in [-0.39, 0.29) is 12.6 Å². The number of carbonyl (C=O) groups excluding carboxylic acids is 1. The first-order valence-corrected chi connectivity index (χ1v) is 6.71. The van der Waals surface area contributed by atoms with Gasteiger partial charge in [0.05, 0.1) is 6.04 Å². The number of nitrogens with one attached hydrogen (secondary N) is 1. The highest BCUT2D eigenvalue weighted by Gasteiger charge is 2.22. The van der Waals surface area contributed by atoms with Gasteiger partial charge in [0.1, 0.15) is 6.61 Å². The molecule has 0 spiro atoms. The minimum Gasteiger partial charge on any atom is -0.445 e. The lowest BCUT2D eigenvalue weighted by molar-refractivity contribution is 0.135. The molecule has 0 bridgehead atoms. The van der Waals surface area contributed by atoms with Crippen molar-refractivity contribution < 1.29 is 9.53 Å². The molecule has 0 aromatic heterocycles. The third kappa shape index (κ3) is 4.33. The van der Waals surface area contributed by atoms with Crippen molar-refractivity contribution in [2.24, 2.45) is 5.92 Å². The van der Waals surface area contributed by atoms with Gasteiger partial charge in [0, 0.05) is 0 Å². The van der Waals surface area contributed by atoms with Crippen molar-refractivity contribution in [3.8, 4) is 12.3 Å². The molecule has 0 heterocycles. The van der Waals surface area contributed by atoms with Crippen molar-refractivity contribution >= 4 is 6.09 Å². The van der Waals surface area contributed by atoms with Gasteiger partial charge < -0.3 is 10.1 Å². The minimum absolute atomic E-state index is 0.214. The maximum atomic E-state index is 11.6. The van der Waals surface area contributed by atoms with E-state index < -0.39 is 6.09 Å². The van der Waals surface area contributed by atoms with E-state index in [4.69, 9.17) is 11.2 Å². The van der Waals surface area contributed by atoms with Crippen molar-refractivity contribution in [1.82, 2.24) is 5.32 Å². The third-order valence-electron chi connectivity index (χ3n) is 3.50. The summed E-state index contributed by atoms with van der Waals surface area (Å²) in [5.41, 5.74) is 0.967. The van der Waals surface area contributed by atoms with Crippen LogP contribution in [0.1, 0.15) is 31.2 Å². The van der Waals surface area contributed by atoms with Crippen LogP contribution in [0.15, 0.2) is 30.3 Å². The molecule has 2 rings (SSSR count). The van der Waals surface area contributed by atoms with E-state index in [9.17, 15) is 4.79 Å². The first kappa shape index (κ1) is 13.5. The summed E-state index contributed by atoms with van der Waals surface area (Å²) < 4.78 is 5.15. The summed E-state index contributed by atoms with van der Waals surface area (Å²) in [6.45, 7) is 0.271. The molecule has 100 valence electrons. The molecule has 1 aromatic rings. The predicted molar refractivity (Wildman–Crippen MR) is 74.3 cm³/mol. The van der Waals surface area contributed by atoms with Gasteiger partial charge >= 0.3 is 6.09 Å². The number of amides is 1. The normalized spacial score (nSPS) is 15.9. The van der Waals surface area contributed by atoms with Gasteiger partial charge in [-0.2, -0.15) is 0 Å². The Labute approximate surface area is 114 Å². The summed E-state index contributed by atoms with van der Waals surface area (Å²) in [6, 6.07) is 9.38. The lowest BCUT2D eigenvalue weighted by Gasteiger charge is -2.27. The zero-order valence-corrected chi connectivity index (χ0v) is 11.0. The quantitative estimate of drug-likeness (QED) is 0.823. The fourth-order valence-corrected chi connectivity index (χ4v) is 2.14. The molecule has 1 saturated carbocycles.